The molecule has 0 saturated carbocycles. The first-order valence-electron chi connectivity index (χ1n) is 7.85. The second-order valence-electron chi connectivity index (χ2n) is 5.62. The highest BCUT2D eigenvalue weighted by Crippen LogP contribution is 2.25. The van der Waals surface area contributed by atoms with Gasteiger partial charge in [-0.05, 0) is 42.3 Å². The number of hydrogen-bond acceptors (Lipinski definition) is 2. The van der Waals surface area contributed by atoms with Gasteiger partial charge in [-0.25, -0.2) is 9.18 Å². The molecule has 2 aromatic carbocycles. The fraction of sp³-hybridized carbons (Fsp3) is 0.222. The number of carbonyl (C=O) groups excluding carboxylic acids is 2. The minimum absolute atomic E-state index is 0.190. The van der Waals surface area contributed by atoms with E-state index in [0.29, 0.717) is 10.0 Å². The molecule has 3 amide bonds. The van der Waals surface area contributed by atoms with Crippen LogP contribution in [0.25, 0.3) is 0 Å². The summed E-state index contributed by atoms with van der Waals surface area (Å²) in [4.78, 5) is 23.7. The van der Waals surface area contributed by atoms with Gasteiger partial charge < -0.3 is 16.0 Å². The highest BCUT2D eigenvalue weighted by atomic mass is 35.5. The molecule has 2 aromatic rings. The molecular weight excluding hydrogens is 380 g/mol. The number of halogens is 3. The normalized spacial score (nSPS) is 11.5. The van der Waals surface area contributed by atoms with Gasteiger partial charge in [-0.3, -0.25) is 4.79 Å². The van der Waals surface area contributed by atoms with E-state index in [4.69, 9.17) is 23.2 Å². The maximum Gasteiger partial charge on any atom is 0.315 e. The molecule has 26 heavy (non-hydrogen) atoms. The van der Waals surface area contributed by atoms with Crippen LogP contribution >= 0.6 is 23.2 Å². The van der Waals surface area contributed by atoms with Gasteiger partial charge in [0, 0.05) is 16.6 Å². The Labute approximate surface area is 160 Å². The van der Waals surface area contributed by atoms with Crippen LogP contribution in [0.3, 0.4) is 0 Å². The van der Waals surface area contributed by atoms with Crippen molar-refractivity contribution in [3.05, 3.63) is 69.5 Å². The Bertz CT molecular complexity index is 785. The summed E-state index contributed by atoms with van der Waals surface area (Å²) in [6.07, 6.45) is 0. The molecule has 5 nitrogen and oxygen atoms in total. The Morgan fingerprint density at radius 2 is 1.77 bits per heavy atom. The zero-order valence-electron chi connectivity index (χ0n) is 14.0. The largest absolute Gasteiger partial charge is 0.348 e. The third-order valence-corrected chi connectivity index (χ3v) is 4.14. The molecule has 0 radical (unpaired) electrons. The van der Waals surface area contributed by atoms with E-state index in [-0.39, 0.29) is 30.9 Å². The smallest absolute Gasteiger partial charge is 0.315 e. The third kappa shape index (κ3) is 6.20. The van der Waals surface area contributed by atoms with Crippen LogP contribution in [0.15, 0.2) is 42.5 Å². The van der Waals surface area contributed by atoms with E-state index in [9.17, 15) is 14.0 Å². The van der Waals surface area contributed by atoms with Gasteiger partial charge in [-0.15, -0.1) is 0 Å². The Morgan fingerprint density at radius 1 is 1.08 bits per heavy atom. The van der Waals surface area contributed by atoms with Crippen molar-refractivity contribution in [3.63, 3.8) is 0 Å². The maximum absolute atomic E-state index is 12.8. The van der Waals surface area contributed by atoms with Crippen LogP contribution in [0.4, 0.5) is 9.18 Å². The van der Waals surface area contributed by atoms with Gasteiger partial charge in [-0.1, -0.05) is 41.4 Å². The standard InChI is InChI=1S/C18H18Cl2FN3O2/c1-11(15-7-4-13(19)8-16(15)20)24-17(25)10-23-18(26)22-9-12-2-5-14(21)6-3-12/h2-8,11H,9-10H2,1H3,(H,24,25)(H2,22,23,26). The van der Waals surface area contributed by atoms with Crippen molar-refractivity contribution in [1.29, 1.82) is 0 Å². The summed E-state index contributed by atoms with van der Waals surface area (Å²) in [5, 5.41) is 8.75. The van der Waals surface area contributed by atoms with Crippen LogP contribution < -0.4 is 16.0 Å². The molecule has 0 aliphatic carbocycles. The molecule has 1 unspecified atom stereocenters. The molecule has 0 spiro atoms. The number of nitrogens with one attached hydrogen (secondary N) is 3. The second kappa shape index (κ2) is 9.40. The van der Waals surface area contributed by atoms with Crippen LogP contribution in [0.5, 0.6) is 0 Å². The zero-order valence-corrected chi connectivity index (χ0v) is 15.5. The predicted octanol–water partition coefficient (Wildman–Crippen LogP) is 3.81. The summed E-state index contributed by atoms with van der Waals surface area (Å²) >= 11 is 12.0. The van der Waals surface area contributed by atoms with Gasteiger partial charge in [-0.2, -0.15) is 0 Å². The molecule has 0 aliphatic rings. The molecule has 0 bridgehead atoms. The minimum Gasteiger partial charge on any atom is -0.348 e. The molecule has 1 atom stereocenters. The van der Waals surface area contributed by atoms with Crippen LogP contribution in [-0.4, -0.2) is 18.5 Å². The fourth-order valence-electron chi connectivity index (χ4n) is 2.23. The van der Waals surface area contributed by atoms with Crippen molar-refractivity contribution in [2.24, 2.45) is 0 Å². The summed E-state index contributed by atoms with van der Waals surface area (Å²) < 4.78 is 12.8. The molecule has 138 valence electrons. The Kier molecular flexibility index (Phi) is 7.24. The molecule has 0 heterocycles. The highest BCUT2D eigenvalue weighted by molar-refractivity contribution is 6.35. The van der Waals surface area contributed by atoms with E-state index in [1.165, 1.54) is 12.1 Å². The van der Waals surface area contributed by atoms with E-state index in [1.54, 1.807) is 37.3 Å². The van der Waals surface area contributed by atoms with Gasteiger partial charge in [0.05, 0.1) is 12.6 Å². The number of hydrogen-bond donors (Lipinski definition) is 3. The minimum atomic E-state index is -0.498. The Balaban J connectivity index is 1.75. The average Bonchev–Trinajstić information content (AvgIpc) is 2.59. The maximum atomic E-state index is 12.8. The van der Waals surface area contributed by atoms with Gasteiger partial charge in [0.1, 0.15) is 5.82 Å². The fourth-order valence-corrected chi connectivity index (χ4v) is 2.80. The number of amides is 3. The zero-order chi connectivity index (χ0) is 19.1. The predicted molar refractivity (Wildman–Crippen MR) is 99.7 cm³/mol. The first-order chi connectivity index (χ1) is 12.3. The molecule has 8 heteroatoms. The van der Waals surface area contributed by atoms with Gasteiger partial charge in [0.15, 0.2) is 0 Å². The first-order valence-corrected chi connectivity index (χ1v) is 8.61. The van der Waals surface area contributed by atoms with E-state index < -0.39 is 6.03 Å². The lowest BCUT2D eigenvalue weighted by molar-refractivity contribution is -0.120. The van der Waals surface area contributed by atoms with Crippen molar-refractivity contribution in [2.45, 2.75) is 19.5 Å². The summed E-state index contributed by atoms with van der Waals surface area (Å²) in [5.41, 5.74) is 1.47. The van der Waals surface area contributed by atoms with E-state index >= 15 is 0 Å². The summed E-state index contributed by atoms with van der Waals surface area (Å²) in [5.74, 6) is -0.703. The van der Waals surface area contributed by atoms with E-state index in [2.05, 4.69) is 16.0 Å². The van der Waals surface area contributed by atoms with Gasteiger partial charge >= 0.3 is 6.03 Å². The lowest BCUT2D eigenvalue weighted by Gasteiger charge is -2.16. The van der Waals surface area contributed by atoms with Crippen molar-refractivity contribution >= 4 is 35.1 Å². The van der Waals surface area contributed by atoms with Gasteiger partial charge in [0.2, 0.25) is 5.91 Å². The number of benzene rings is 2. The van der Waals surface area contributed by atoms with Crippen molar-refractivity contribution in [1.82, 2.24) is 16.0 Å². The summed E-state index contributed by atoms with van der Waals surface area (Å²) in [6.45, 7) is 1.82. The molecule has 2 rings (SSSR count). The van der Waals surface area contributed by atoms with Crippen LogP contribution in [0.2, 0.25) is 10.0 Å². The third-order valence-electron chi connectivity index (χ3n) is 3.58. The summed E-state index contributed by atoms with van der Waals surface area (Å²) in [7, 11) is 0. The van der Waals surface area contributed by atoms with Gasteiger partial charge in [0.25, 0.3) is 0 Å². The average molecular weight is 398 g/mol. The molecule has 0 saturated heterocycles. The monoisotopic (exact) mass is 397 g/mol. The lowest BCUT2D eigenvalue weighted by atomic mass is 10.1. The highest BCUT2D eigenvalue weighted by Gasteiger charge is 2.13. The molecule has 0 aliphatic heterocycles. The van der Waals surface area contributed by atoms with Crippen molar-refractivity contribution < 1.29 is 14.0 Å². The van der Waals surface area contributed by atoms with E-state index in [0.717, 1.165) is 11.1 Å². The van der Waals surface area contributed by atoms with Crippen molar-refractivity contribution in [3.8, 4) is 0 Å². The topological polar surface area (TPSA) is 70.2 Å². The molecule has 3 N–H and O–H groups in total. The lowest BCUT2D eigenvalue weighted by Crippen LogP contribution is -2.42. The van der Waals surface area contributed by atoms with Crippen LogP contribution in [0.1, 0.15) is 24.1 Å². The number of urea groups is 1. The first kappa shape index (κ1) is 20.0. The summed E-state index contributed by atoms with van der Waals surface area (Å²) in [6, 6.07) is 9.95. The molecular formula is C18H18Cl2FN3O2. The Morgan fingerprint density at radius 3 is 2.42 bits per heavy atom. The number of carbonyl (C=O) groups is 2. The Hall–Kier alpha value is -2.31. The SMILES string of the molecule is CC(NC(=O)CNC(=O)NCc1ccc(F)cc1)c1ccc(Cl)cc1Cl. The van der Waals surface area contributed by atoms with E-state index in [1.807, 2.05) is 0 Å². The number of rotatable bonds is 6. The molecule has 0 aromatic heterocycles. The van der Waals surface area contributed by atoms with Crippen molar-refractivity contribution in [2.75, 3.05) is 6.54 Å². The quantitative estimate of drug-likeness (QED) is 0.693. The van der Waals surface area contributed by atoms with Crippen LogP contribution in [-0.2, 0) is 11.3 Å². The van der Waals surface area contributed by atoms with Crippen LogP contribution in [0, 0.1) is 5.82 Å². The molecule has 0 fully saturated rings. The second-order valence-corrected chi connectivity index (χ2v) is 6.46.